The van der Waals surface area contributed by atoms with Gasteiger partial charge in [-0.15, -0.1) is 0 Å². The van der Waals surface area contributed by atoms with Gasteiger partial charge in [0.1, 0.15) is 0 Å². The third kappa shape index (κ3) is 3.47. The minimum absolute atomic E-state index is 0.00336. The van der Waals surface area contributed by atoms with Crippen LogP contribution in [0.2, 0.25) is 5.02 Å². The summed E-state index contributed by atoms with van der Waals surface area (Å²) in [6, 6.07) is 2.34. The van der Waals surface area contributed by atoms with Crippen LogP contribution in [0.4, 0.5) is 8.78 Å². The Kier molecular flexibility index (Phi) is 4.03. The number of carbonyl (C=O) groups is 1. The quantitative estimate of drug-likeness (QED) is 0.813. The highest BCUT2D eigenvalue weighted by Gasteiger charge is 2.09. The Labute approximate surface area is 90.5 Å². The second-order valence-corrected chi connectivity index (χ2v) is 3.53. The van der Waals surface area contributed by atoms with Crippen LogP contribution in [0.15, 0.2) is 12.1 Å². The van der Waals surface area contributed by atoms with Gasteiger partial charge in [-0.25, -0.2) is 8.78 Å². The molecular formula is C10H9ClF2O2. The van der Waals surface area contributed by atoms with E-state index in [1.807, 2.05) is 0 Å². The second-order valence-electron chi connectivity index (χ2n) is 3.12. The Balaban J connectivity index is 2.66. The third-order valence-corrected chi connectivity index (χ3v) is 2.17. The van der Waals surface area contributed by atoms with Crippen LogP contribution in [0.3, 0.4) is 0 Å². The lowest BCUT2D eigenvalue weighted by molar-refractivity contribution is -0.137. The van der Waals surface area contributed by atoms with E-state index in [0.29, 0.717) is 18.4 Å². The van der Waals surface area contributed by atoms with E-state index in [1.54, 1.807) is 0 Å². The van der Waals surface area contributed by atoms with Crippen LogP contribution in [0.5, 0.6) is 0 Å². The molecule has 0 bridgehead atoms. The molecule has 0 heterocycles. The highest BCUT2D eigenvalue weighted by atomic mass is 35.5. The van der Waals surface area contributed by atoms with E-state index in [-0.39, 0.29) is 11.4 Å². The zero-order chi connectivity index (χ0) is 11.4. The molecule has 1 N–H and O–H groups in total. The molecule has 0 fully saturated rings. The van der Waals surface area contributed by atoms with E-state index in [9.17, 15) is 13.6 Å². The van der Waals surface area contributed by atoms with Crippen LogP contribution in [0, 0.1) is 11.6 Å². The van der Waals surface area contributed by atoms with Gasteiger partial charge in [0, 0.05) is 6.42 Å². The van der Waals surface area contributed by atoms with Crippen molar-refractivity contribution in [2.75, 3.05) is 0 Å². The molecule has 0 radical (unpaired) electrons. The molecule has 0 spiro atoms. The van der Waals surface area contributed by atoms with Crippen molar-refractivity contribution in [3.05, 3.63) is 34.4 Å². The Morgan fingerprint density at radius 1 is 1.40 bits per heavy atom. The monoisotopic (exact) mass is 234 g/mol. The summed E-state index contributed by atoms with van der Waals surface area (Å²) in [7, 11) is 0. The summed E-state index contributed by atoms with van der Waals surface area (Å²) < 4.78 is 25.6. The lowest BCUT2D eigenvalue weighted by Crippen LogP contribution is -1.97. The molecule has 1 aromatic carbocycles. The van der Waals surface area contributed by atoms with Crippen molar-refractivity contribution in [2.24, 2.45) is 0 Å². The topological polar surface area (TPSA) is 37.3 Å². The molecule has 0 unspecified atom stereocenters. The summed E-state index contributed by atoms with van der Waals surface area (Å²) in [4.78, 5) is 10.2. The van der Waals surface area contributed by atoms with Crippen molar-refractivity contribution in [3.8, 4) is 0 Å². The van der Waals surface area contributed by atoms with Gasteiger partial charge in [-0.05, 0) is 30.5 Å². The van der Waals surface area contributed by atoms with Crippen molar-refractivity contribution in [3.63, 3.8) is 0 Å². The fourth-order valence-corrected chi connectivity index (χ4v) is 1.43. The van der Waals surface area contributed by atoms with Gasteiger partial charge in [0.05, 0.1) is 5.02 Å². The minimum atomic E-state index is -1.07. The zero-order valence-corrected chi connectivity index (χ0v) is 8.52. The number of hydrogen-bond acceptors (Lipinski definition) is 1. The van der Waals surface area contributed by atoms with Gasteiger partial charge in [0.25, 0.3) is 0 Å². The van der Waals surface area contributed by atoms with Crippen LogP contribution in [-0.4, -0.2) is 11.1 Å². The molecule has 82 valence electrons. The molecule has 0 aliphatic carbocycles. The van der Waals surface area contributed by atoms with E-state index in [0.717, 1.165) is 6.07 Å². The van der Waals surface area contributed by atoms with E-state index in [2.05, 4.69) is 0 Å². The summed E-state index contributed by atoms with van der Waals surface area (Å²) in [5.41, 5.74) is 0.500. The van der Waals surface area contributed by atoms with Crippen LogP contribution in [-0.2, 0) is 11.2 Å². The maximum Gasteiger partial charge on any atom is 0.303 e. The number of aliphatic carboxylic acids is 1. The van der Waals surface area contributed by atoms with Crippen molar-refractivity contribution in [1.82, 2.24) is 0 Å². The first-order valence-electron chi connectivity index (χ1n) is 4.36. The largest absolute Gasteiger partial charge is 0.481 e. The first kappa shape index (κ1) is 11.9. The highest BCUT2D eigenvalue weighted by Crippen LogP contribution is 2.20. The summed E-state index contributed by atoms with van der Waals surface area (Å²) in [5.74, 6) is -2.99. The Bertz CT molecular complexity index is 357. The van der Waals surface area contributed by atoms with E-state index in [4.69, 9.17) is 16.7 Å². The summed E-state index contributed by atoms with van der Waals surface area (Å²) in [5, 5.41) is 8.11. The molecule has 5 heteroatoms. The molecule has 0 aromatic heterocycles. The number of carboxylic acid groups (broad SMARTS) is 1. The minimum Gasteiger partial charge on any atom is -0.481 e. The van der Waals surface area contributed by atoms with Gasteiger partial charge in [-0.3, -0.25) is 4.79 Å². The predicted octanol–water partition coefficient (Wildman–Crippen LogP) is 3.03. The van der Waals surface area contributed by atoms with Gasteiger partial charge in [-0.1, -0.05) is 11.6 Å². The van der Waals surface area contributed by atoms with Gasteiger partial charge in [-0.2, -0.15) is 0 Å². The maximum atomic E-state index is 12.9. The molecule has 0 atom stereocenters. The number of benzene rings is 1. The van der Waals surface area contributed by atoms with E-state index < -0.39 is 17.6 Å². The van der Waals surface area contributed by atoms with Crippen LogP contribution in [0.25, 0.3) is 0 Å². The highest BCUT2D eigenvalue weighted by molar-refractivity contribution is 6.30. The van der Waals surface area contributed by atoms with Crippen LogP contribution < -0.4 is 0 Å². The summed E-state index contributed by atoms with van der Waals surface area (Å²) in [6.45, 7) is 0. The molecule has 0 aliphatic rings. The first-order valence-corrected chi connectivity index (χ1v) is 4.73. The summed E-state index contributed by atoms with van der Waals surface area (Å²) in [6.07, 6.45) is 0.733. The van der Waals surface area contributed by atoms with Crippen LogP contribution in [0.1, 0.15) is 18.4 Å². The lowest BCUT2D eigenvalue weighted by atomic mass is 10.1. The van der Waals surface area contributed by atoms with Gasteiger partial charge in [0.2, 0.25) is 0 Å². The van der Waals surface area contributed by atoms with Gasteiger partial charge < -0.3 is 5.11 Å². The summed E-state index contributed by atoms with van der Waals surface area (Å²) >= 11 is 5.43. The normalized spacial score (nSPS) is 10.3. The fourth-order valence-electron chi connectivity index (χ4n) is 1.20. The Hall–Kier alpha value is -1.16. The molecule has 0 amide bonds. The molecule has 1 aromatic rings. The number of hydrogen-bond donors (Lipinski definition) is 1. The van der Waals surface area contributed by atoms with Crippen molar-refractivity contribution in [2.45, 2.75) is 19.3 Å². The zero-order valence-electron chi connectivity index (χ0n) is 7.77. The molecule has 0 aliphatic heterocycles. The molecule has 1 rings (SSSR count). The average Bonchev–Trinajstić information content (AvgIpc) is 2.13. The predicted molar refractivity (Wildman–Crippen MR) is 51.9 cm³/mol. The average molecular weight is 235 g/mol. The standard InChI is InChI=1S/C10H9ClF2O2/c11-7-4-6(2-1-3-9(14)15)5-8(12)10(7)13/h4-5H,1-3H2,(H,14,15). The van der Waals surface area contributed by atoms with E-state index >= 15 is 0 Å². The number of aryl methyl sites for hydroxylation is 1. The van der Waals surface area contributed by atoms with Crippen molar-refractivity contribution < 1.29 is 18.7 Å². The van der Waals surface area contributed by atoms with Crippen LogP contribution >= 0.6 is 11.6 Å². The molecular weight excluding hydrogens is 226 g/mol. The number of rotatable bonds is 4. The van der Waals surface area contributed by atoms with Crippen molar-refractivity contribution in [1.29, 1.82) is 0 Å². The third-order valence-electron chi connectivity index (χ3n) is 1.90. The van der Waals surface area contributed by atoms with Gasteiger partial charge in [0.15, 0.2) is 11.6 Å². The van der Waals surface area contributed by atoms with Crippen molar-refractivity contribution >= 4 is 17.6 Å². The van der Waals surface area contributed by atoms with Gasteiger partial charge >= 0.3 is 5.97 Å². The smallest absolute Gasteiger partial charge is 0.303 e. The Morgan fingerprint density at radius 2 is 2.07 bits per heavy atom. The SMILES string of the molecule is O=C(O)CCCc1cc(F)c(F)c(Cl)c1. The maximum absolute atomic E-state index is 12.9. The Morgan fingerprint density at radius 3 is 2.60 bits per heavy atom. The van der Waals surface area contributed by atoms with E-state index in [1.165, 1.54) is 6.07 Å². The molecule has 0 saturated heterocycles. The second kappa shape index (κ2) is 5.07. The fraction of sp³-hybridized carbons (Fsp3) is 0.300. The molecule has 15 heavy (non-hydrogen) atoms. The lowest BCUT2D eigenvalue weighted by Gasteiger charge is -2.02. The first-order chi connectivity index (χ1) is 7.00. The number of carboxylic acids is 1. The molecule has 2 nitrogen and oxygen atoms in total. The number of halogens is 3. The molecule has 0 saturated carbocycles.